The maximum atomic E-state index is 12.7. The van der Waals surface area contributed by atoms with Gasteiger partial charge in [-0.3, -0.25) is 4.55 Å². The average molecular weight is 424 g/mol. The van der Waals surface area contributed by atoms with Crippen LogP contribution < -0.4 is 29.6 Å². The van der Waals surface area contributed by atoms with Crippen molar-refractivity contribution in [3.63, 3.8) is 0 Å². The fourth-order valence-corrected chi connectivity index (χ4v) is 1.37. The van der Waals surface area contributed by atoms with Gasteiger partial charge in [-0.2, -0.15) is 65.5 Å². The minimum atomic E-state index is -8.25. The Hall–Kier alpha value is -0.000000000000000444. The number of alkyl halides is 13. The summed E-state index contributed by atoms with van der Waals surface area (Å²) in [5.74, 6) is -32.5. The molecule has 0 saturated carbocycles. The zero-order valence-corrected chi connectivity index (χ0v) is 13.4. The van der Waals surface area contributed by atoms with Crippen LogP contribution in [-0.2, 0) is 10.1 Å². The van der Waals surface area contributed by atoms with Crippen LogP contribution in [0.4, 0.5) is 57.1 Å². The molecule has 0 heterocycles. The van der Waals surface area contributed by atoms with Crippen LogP contribution in [0.2, 0.25) is 0 Å². The first-order valence-electron chi connectivity index (χ1n) is 4.43. The predicted octanol–water partition coefficient (Wildman–Crippen LogP) is 0.687. The molecule has 0 radical (unpaired) electrons. The van der Waals surface area contributed by atoms with Crippen molar-refractivity contribution in [2.24, 2.45) is 0 Å². The summed E-state index contributed by atoms with van der Waals surface area (Å²) in [6.45, 7) is 0. The van der Waals surface area contributed by atoms with E-state index in [1.165, 1.54) is 0 Å². The molecule has 0 rings (SSSR count). The molecule has 0 saturated heterocycles. The summed E-state index contributed by atoms with van der Waals surface area (Å²) in [5.41, 5.74) is 0. The van der Waals surface area contributed by atoms with Gasteiger partial charge < -0.3 is 1.43 Å². The molecule has 0 fully saturated rings. The van der Waals surface area contributed by atoms with E-state index in [0.717, 1.165) is 0 Å². The molecule has 0 bridgehead atoms. The summed E-state index contributed by atoms with van der Waals surface area (Å²) in [6, 6.07) is 0. The van der Waals surface area contributed by atoms with Crippen LogP contribution >= 0.6 is 0 Å². The fraction of sp³-hybridized carbons (Fsp3) is 1.00. The van der Waals surface area contributed by atoms with Crippen molar-refractivity contribution >= 4 is 10.1 Å². The van der Waals surface area contributed by atoms with Gasteiger partial charge in [0, 0.05) is 0 Å². The molecule has 0 aromatic carbocycles. The van der Waals surface area contributed by atoms with Gasteiger partial charge in [-0.05, 0) is 0 Å². The summed E-state index contributed by atoms with van der Waals surface area (Å²) in [6.07, 6.45) is -7.59. The first-order valence-corrected chi connectivity index (χ1v) is 5.87. The third-order valence-corrected chi connectivity index (χ3v) is 3.13. The maximum absolute atomic E-state index is 12.7. The normalized spacial score (nSPS) is 15.9. The minimum absolute atomic E-state index is 0. The van der Waals surface area contributed by atoms with Crippen molar-refractivity contribution < 1.29 is 101 Å². The van der Waals surface area contributed by atoms with E-state index in [-0.39, 0.29) is 31.0 Å². The van der Waals surface area contributed by atoms with E-state index < -0.39 is 45.2 Å². The Morgan fingerprint density at radius 1 is 0.583 bits per heavy atom. The Morgan fingerprint density at radius 2 is 0.833 bits per heavy atom. The monoisotopic (exact) mass is 424 g/mol. The van der Waals surface area contributed by atoms with Gasteiger partial charge >= 0.3 is 74.8 Å². The molecule has 142 valence electrons. The van der Waals surface area contributed by atoms with Crippen molar-refractivity contribution in [1.82, 2.24) is 0 Å². The van der Waals surface area contributed by atoms with Gasteiger partial charge in [-0.1, -0.05) is 0 Å². The Bertz CT molecular complexity index is 571. The first-order chi connectivity index (χ1) is 9.50. The van der Waals surface area contributed by atoms with Gasteiger partial charge in [0.05, 0.1) is 0 Å². The standard InChI is InChI=1S/C6HF13O3S.Na.H/c7-1(8,3(11,12)5(15,16)17)2(9,10)4(13,14)6(18,19)23(20,21)22;;/h(H,20,21,22);;/q;+1;-1. The van der Waals surface area contributed by atoms with Crippen molar-refractivity contribution in [2.45, 2.75) is 35.1 Å². The summed E-state index contributed by atoms with van der Waals surface area (Å²) < 4.78 is 188. The molecule has 0 spiro atoms. The van der Waals surface area contributed by atoms with E-state index in [4.69, 9.17) is 4.55 Å². The number of halogens is 13. The molecule has 0 unspecified atom stereocenters. The summed E-state index contributed by atoms with van der Waals surface area (Å²) >= 11 is 0. The molecule has 0 atom stereocenters. The predicted molar refractivity (Wildman–Crippen MR) is 43.5 cm³/mol. The number of hydrogen-bond acceptors (Lipinski definition) is 2. The molecule has 0 aromatic rings. The third kappa shape index (κ3) is 3.33. The molecule has 0 amide bonds. The van der Waals surface area contributed by atoms with Crippen molar-refractivity contribution in [1.29, 1.82) is 0 Å². The van der Waals surface area contributed by atoms with E-state index in [0.29, 0.717) is 0 Å². The van der Waals surface area contributed by atoms with Crippen LogP contribution in [0.15, 0.2) is 0 Å². The smallest absolute Gasteiger partial charge is 1.00 e. The topological polar surface area (TPSA) is 54.4 Å². The van der Waals surface area contributed by atoms with E-state index in [1.807, 2.05) is 0 Å². The quantitative estimate of drug-likeness (QED) is 0.402. The molecule has 0 aliphatic rings. The van der Waals surface area contributed by atoms with Crippen molar-refractivity contribution in [3.05, 3.63) is 0 Å². The largest absolute Gasteiger partial charge is 1.00 e. The van der Waals surface area contributed by atoms with Crippen molar-refractivity contribution in [2.75, 3.05) is 0 Å². The molecule has 3 nitrogen and oxygen atoms in total. The van der Waals surface area contributed by atoms with Gasteiger partial charge in [0.2, 0.25) is 0 Å². The molecule has 18 heteroatoms. The summed E-state index contributed by atoms with van der Waals surface area (Å²) in [7, 11) is -7.61. The van der Waals surface area contributed by atoms with Crippen LogP contribution in [0.25, 0.3) is 0 Å². The maximum Gasteiger partial charge on any atom is 1.00 e. The summed E-state index contributed by atoms with van der Waals surface area (Å²) in [4.78, 5) is 0. The van der Waals surface area contributed by atoms with Crippen molar-refractivity contribution in [3.8, 4) is 0 Å². The van der Waals surface area contributed by atoms with Crippen LogP contribution in [0.3, 0.4) is 0 Å². The van der Waals surface area contributed by atoms with Gasteiger partial charge in [0.1, 0.15) is 0 Å². The zero-order valence-electron chi connectivity index (χ0n) is 11.6. The molecule has 24 heavy (non-hydrogen) atoms. The van der Waals surface area contributed by atoms with Gasteiger partial charge in [-0.15, -0.1) is 0 Å². The first kappa shape index (κ1) is 26.2. The molecular formula is C6H2F13NaO3S. The second-order valence-corrected chi connectivity index (χ2v) is 5.25. The SMILES string of the molecule is O=S(=O)(O)C(F)(F)C(F)(F)C(F)(F)C(F)(F)C(F)(F)C(F)(F)F.[H-].[Na+]. The zero-order chi connectivity index (χ0) is 19.5. The minimum Gasteiger partial charge on any atom is -1.00 e. The number of rotatable bonds is 5. The van der Waals surface area contributed by atoms with Gasteiger partial charge in [0.15, 0.2) is 0 Å². The van der Waals surface area contributed by atoms with Crippen LogP contribution in [0, 0.1) is 0 Å². The van der Waals surface area contributed by atoms with E-state index in [1.54, 1.807) is 0 Å². The third-order valence-electron chi connectivity index (χ3n) is 2.23. The molecule has 1 N–H and O–H groups in total. The van der Waals surface area contributed by atoms with E-state index in [9.17, 15) is 65.5 Å². The Kier molecular flexibility index (Phi) is 6.90. The summed E-state index contributed by atoms with van der Waals surface area (Å²) in [5, 5.41) is -7.52. The van der Waals surface area contributed by atoms with Crippen LogP contribution in [0.5, 0.6) is 0 Å². The van der Waals surface area contributed by atoms with Gasteiger partial charge in [-0.25, -0.2) is 0 Å². The Balaban J connectivity index is -0.00000242. The van der Waals surface area contributed by atoms with Crippen LogP contribution in [-0.4, -0.2) is 48.1 Å². The second kappa shape index (κ2) is 6.31. The van der Waals surface area contributed by atoms with E-state index in [2.05, 4.69) is 0 Å². The molecule has 0 aliphatic heterocycles. The fourth-order valence-electron chi connectivity index (χ4n) is 0.917. The van der Waals surface area contributed by atoms with Gasteiger partial charge in [0.25, 0.3) is 0 Å². The van der Waals surface area contributed by atoms with E-state index >= 15 is 0 Å². The Labute approximate surface area is 146 Å². The molecule has 0 aliphatic carbocycles. The molecule has 0 aromatic heterocycles. The van der Waals surface area contributed by atoms with Crippen LogP contribution in [0.1, 0.15) is 1.43 Å². The average Bonchev–Trinajstić information content (AvgIpc) is 2.24. The molecular weight excluding hydrogens is 422 g/mol. The second-order valence-electron chi connectivity index (χ2n) is 3.79. The number of hydrogen-bond donors (Lipinski definition) is 1. The Morgan fingerprint density at radius 3 is 1.04 bits per heavy atom.